The van der Waals surface area contributed by atoms with Crippen molar-refractivity contribution < 1.29 is 18.9 Å². The Morgan fingerprint density at radius 3 is 2.71 bits per heavy atom. The average Bonchev–Trinajstić information content (AvgIpc) is 3.42. The lowest BCUT2D eigenvalue weighted by molar-refractivity contribution is -0.384. The van der Waals surface area contributed by atoms with E-state index in [-0.39, 0.29) is 16.4 Å². The molecule has 1 fully saturated rings. The molecule has 0 unspecified atom stereocenters. The van der Waals surface area contributed by atoms with Crippen molar-refractivity contribution in [3.05, 3.63) is 82.1 Å². The number of thiazole rings is 1. The fraction of sp³-hybridized carbons (Fsp3) is 0. The Morgan fingerprint density at radius 2 is 1.94 bits per heavy atom. The van der Waals surface area contributed by atoms with Gasteiger partial charge in [-0.15, -0.1) is 11.3 Å². The molecule has 2 aromatic heterocycles. The molecule has 0 atom stereocenters. The van der Waals surface area contributed by atoms with E-state index in [0.717, 1.165) is 0 Å². The van der Waals surface area contributed by atoms with Gasteiger partial charge in [0.2, 0.25) is 0 Å². The second-order valence-corrected chi connectivity index (χ2v) is 9.61. The van der Waals surface area contributed by atoms with Gasteiger partial charge in [-0.05, 0) is 60.4 Å². The summed E-state index contributed by atoms with van der Waals surface area (Å²) in [5.74, 6) is -0.863. The highest BCUT2D eigenvalue weighted by Gasteiger charge is 2.34. The average molecular weight is 509 g/mol. The Labute approximate surface area is 205 Å². The van der Waals surface area contributed by atoms with Crippen LogP contribution in [-0.2, 0) is 9.59 Å². The number of non-ortho nitro benzene ring substituents is 1. The SMILES string of the molecule is O=C1NC(=S)N(c2ccccc2)C(=O)/C1=C/c1ccc(Sc2nc3ccc([N+](=O)[O-])cc3s2)o1. The number of para-hydroxylation sites is 1. The van der Waals surface area contributed by atoms with E-state index in [0.29, 0.717) is 31.1 Å². The third-order valence-corrected chi connectivity index (χ3v) is 7.04. The van der Waals surface area contributed by atoms with Gasteiger partial charge in [0, 0.05) is 12.1 Å². The molecule has 0 saturated carbocycles. The lowest BCUT2D eigenvalue weighted by atomic mass is 10.1. The van der Waals surface area contributed by atoms with Crippen LogP contribution in [0.3, 0.4) is 0 Å². The first kappa shape index (κ1) is 21.9. The van der Waals surface area contributed by atoms with E-state index in [4.69, 9.17) is 16.6 Å². The van der Waals surface area contributed by atoms with Gasteiger partial charge in [-0.1, -0.05) is 18.2 Å². The number of furan rings is 1. The van der Waals surface area contributed by atoms with Crippen LogP contribution in [0, 0.1) is 10.1 Å². The maximum absolute atomic E-state index is 13.0. The molecule has 34 heavy (non-hydrogen) atoms. The van der Waals surface area contributed by atoms with Crippen molar-refractivity contribution in [3.8, 4) is 0 Å². The monoisotopic (exact) mass is 508 g/mol. The lowest BCUT2D eigenvalue weighted by Gasteiger charge is -2.28. The highest BCUT2D eigenvalue weighted by molar-refractivity contribution is 8.01. The molecule has 1 aliphatic rings. The van der Waals surface area contributed by atoms with Crippen molar-refractivity contribution >= 4 is 79.9 Å². The predicted octanol–water partition coefficient (Wildman–Crippen LogP) is 4.78. The third kappa shape index (κ3) is 4.21. The number of aromatic nitrogens is 1. The van der Waals surface area contributed by atoms with Crippen LogP contribution in [0.2, 0.25) is 0 Å². The van der Waals surface area contributed by atoms with E-state index < -0.39 is 16.7 Å². The van der Waals surface area contributed by atoms with Crippen LogP contribution in [0.5, 0.6) is 0 Å². The van der Waals surface area contributed by atoms with Crippen LogP contribution in [0.15, 0.2) is 80.1 Å². The molecule has 0 radical (unpaired) electrons. The number of hydrogen-bond donors (Lipinski definition) is 1. The largest absolute Gasteiger partial charge is 0.450 e. The highest BCUT2D eigenvalue weighted by atomic mass is 32.2. The number of fused-ring (bicyclic) bond motifs is 1. The van der Waals surface area contributed by atoms with Crippen molar-refractivity contribution in [3.63, 3.8) is 0 Å². The number of carbonyl (C=O) groups is 2. The Bertz CT molecular complexity index is 1510. The molecule has 12 heteroatoms. The standard InChI is InChI=1S/C22H12N4O5S3/c27-19-15(20(28)25(21(32)24-19)12-4-2-1-3-5-12)11-14-7-9-18(31-14)34-22-23-16-8-6-13(26(29)30)10-17(16)33-22/h1-11H,(H,24,27,32)/b15-11+. The molecule has 0 aliphatic carbocycles. The number of nitro groups is 1. The molecule has 2 aromatic carbocycles. The first-order chi connectivity index (χ1) is 16.4. The zero-order chi connectivity index (χ0) is 23.8. The van der Waals surface area contributed by atoms with Gasteiger partial charge in [-0.25, -0.2) is 4.98 Å². The summed E-state index contributed by atoms with van der Waals surface area (Å²) >= 11 is 7.72. The number of hydrogen-bond acceptors (Lipinski definition) is 9. The van der Waals surface area contributed by atoms with Crippen molar-refractivity contribution in [1.82, 2.24) is 10.3 Å². The van der Waals surface area contributed by atoms with E-state index in [2.05, 4.69) is 10.3 Å². The number of thiocarbonyl (C=S) groups is 1. The number of nitrogens with one attached hydrogen (secondary N) is 1. The highest BCUT2D eigenvalue weighted by Crippen LogP contribution is 2.36. The zero-order valence-corrected chi connectivity index (χ0v) is 19.4. The summed E-state index contributed by atoms with van der Waals surface area (Å²) in [6, 6.07) is 16.6. The third-order valence-electron chi connectivity index (χ3n) is 4.76. The molecule has 1 N–H and O–H groups in total. The first-order valence-electron chi connectivity index (χ1n) is 9.68. The summed E-state index contributed by atoms with van der Waals surface area (Å²) in [6.45, 7) is 0. The minimum atomic E-state index is -0.611. The number of nitro benzene ring substituents is 1. The van der Waals surface area contributed by atoms with Crippen LogP contribution >= 0.6 is 35.3 Å². The Balaban J connectivity index is 1.39. The van der Waals surface area contributed by atoms with E-state index in [1.165, 1.54) is 46.2 Å². The molecular formula is C22H12N4O5S3. The second-order valence-electron chi connectivity index (χ2n) is 6.94. The Hall–Kier alpha value is -3.87. The van der Waals surface area contributed by atoms with Crippen molar-refractivity contribution in [2.75, 3.05) is 4.90 Å². The topological polar surface area (TPSA) is 119 Å². The number of nitrogens with zero attached hydrogens (tertiary/aromatic N) is 3. The Morgan fingerprint density at radius 1 is 1.15 bits per heavy atom. The summed E-state index contributed by atoms with van der Waals surface area (Å²) < 4.78 is 7.10. The van der Waals surface area contributed by atoms with Gasteiger partial charge in [-0.2, -0.15) is 0 Å². The van der Waals surface area contributed by atoms with Gasteiger partial charge < -0.3 is 4.42 Å². The van der Waals surface area contributed by atoms with Crippen molar-refractivity contribution in [1.29, 1.82) is 0 Å². The number of carbonyl (C=O) groups excluding carboxylic acids is 2. The molecule has 0 bridgehead atoms. The van der Waals surface area contributed by atoms with Gasteiger partial charge in [0.25, 0.3) is 17.5 Å². The Kier molecular flexibility index (Phi) is 5.69. The second kappa shape index (κ2) is 8.82. The van der Waals surface area contributed by atoms with Crippen molar-refractivity contribution in [2.24, 2.45) is 0 Å². The zero-order valence-electron chi connectivity index (χ0n) is 17.0. The summed E-state index contributed by atoms with van der Waals surface area (Å²) in [5.41, 5.74) is 1.07. The molecule has 168 valence electrons. The summed E-state index contributed by atoms with van der Waals surface area (Å²) in [6.07, 6.45) is 1.36. The van der Waals surface area contributed by atoms with Crippen LogP contribution < -0.4 is 10.2 Å². The summed E-state index contributed by atoms with van der Waals surface area (Å²) in [4.78, 5) is 41.7. The molecule has 5 rings (SSSR count). The predicted molar refractivity (Wildman–Crippen MR) is 132 cm³/mol. The minimum absolute atomic E-state index is 0.000867. The fourth-order valence-electron chi connectivity index (χ4n) is 3.21. The number of amides is 2. The van der Waals surface area contributed by atoms with Crippen molar-refractivity contribution in [2.45, 2.75) is 9.43 Å². The molecule has 0 spiro atoms. The first-order valence-corrected chi connectivity index (χ1v) is 11.7. The number of benzene rings is 2. The quantitative estimate of drug-likeness (QED) is 0.135. The van der Waals surface area contributed by atoms with E-state index in [9.17, 15) is 19.7 Å². The molecule has 2 amide bonds. The maximum Gasteiger partial charge on any atom is 0.270 e. The molecule has 1 saturated heterocycles. The fourth-order valence-corrected chi connectivity index (χ4v) is 5.50. The summed E-state index contributed by atoms with van der Waals surface area (Å²) in [5, 5.41) is 14.0. The van der Waals surface area contributed by atoms with Crippen LogP contribution in [0.1, 0.15) is 5.76 Å². The molecule has 4 aromatic rings. The molecular weight excluding hydrogens is 496 g/mol. The number of anilines is 1. The normalized spacial score (nSPS) is 15.2. The lowest BCUT2D eigenvalue weighted by Crippen LogP contribution is -2.54. The van der Waals surface area contributed by atoms with Gasteiger partial charge in [0.05, 0.1) is 20.8 Å². The van der Waals surface area contributed by atoms with Crippen LogP contribution in [-0.4, -0.2) is 26.8 Å². The molecule has 9 nitrogen and oxygen atoms in total. The van der Waals surface area contributed by atoms with Crippen LogP contribution in [0.25, 0.3) is 16.3 Å². The summed E-state index contributed by atoms with van der Waals surface area (Å²) in [7, 11) is 0. The van der Waals surface area contributed by atoms with E-state index in [1.807, 2.05) is 6.07 Å². The molecule has 1 aliphatic heterocycles. The van der Waals surface area contributed by atoms with Gasteiger partial charge >= 0.3 is 0 Å². The maximum atomic E-state index is 13.0. The van der Waals surface area contributed by atoms with Gasteiger partial charge in [0.15, 0.2) is 14.5 Å². The van der Waals surface area contributed by atoms with E-state index in [1.54, 1.807) is 42.5 Å². The van der Waals surface area contributed by atoms with E-state index >= 15 is 0 Å². The van der Waals surface area contributed by atoms with Gasteiger partial charge in [-0.3, -0.25) is 29.9 Å². The smallest absolute Gasteiger partial charge is 0.270 e. The minimum Gasteiger partial charge on any atom is -0.450 e. The van der Waals surface area contributed by atoms with Crippen LogP contribution in [0.4, 0.5) is 11.4 Å². The van der Waals surface area contributed by atoms with Gasteiger partial charge in [0.1, 0.15) is 11.3 Å². The molecule has 3 heterocycles. The number of rotatable bonds is 5.